The van der Waals surface area contributed by atoms with Crippen molar-refractivity contribution in [2.75, 3.05) is 37.1 Å². The minimum atomic E-state index is 0.00451. The van der Waals surface area contributed by atoms with Crippen LogP contribution in [-0.4, -0.2) is 50.4 Å². The Bertz CT molecular complexity index is 966. The standard InChI is InChI=1S/C32H44N2O6/c35-31(33-27-15-7-9-17-29(27)39-23-25-13-11-21-37-25)19-5-3-1-2-4-6-20-32(36)34-28-16-8-10-18-30(28)40-24-26-14-12-22-38-26/h7-10,15-18,25-26H,1-6,11-14,19-24H2,(H,33,35)(H,34,36). The fraction of sp³-hybridized carbons (Fsp3) is 0.562. The molecule has 0 radical (unpaired) electrons. The van der Waals surface area contributed by atoms with Crippen LogP contribution >= 0.6 is 0 Å². The van der Waals surface area contributed by atoms with Crippen LogP contribution in [0.5, 0.6) is 11.5 Å². The topological polar surface area (TPSA) is 95.1 Å². The minimum Gasteiger partial charge on any atom is -0.489 e. The second kappa shape index (κ2) is 16.9. The molecule has 2 saturated heterocycles. The van der Waals surface area contributed by atoms with E-state index in [9.17, 15) is 9.59 Å². The van der Waals surface area contributed by atoms with Crippen LogP contribution in [0.2, 0.25) is 0 Å². The second-order valence-corrected chi connectivity index (χ2v) is 10.6. The van der Waals surface area contributed by atoms with E-state index >= 15 is 0 Å². The van der Waals surface area contributed by atoms with Crippen molar-refractivity contribution in [2.45, 2.75) is 89.3 Å². The first-order valence-corrected chi connectivity index (χ1v) is 14.9. The zero-order valence-electron chi connectivity index (χ0n) is 23.5. The lowest BCUT2D eigenvalue weighted by Crippen LogP contribution is -2.18. The summed E-state index contributed by atoms with van der Waals surface area (Å²) in [6, 6.07) is 15.1. The predicted molar refractivity (Wildman–Crippen MR) is 156 cm³/mol. The molecule has 4 rings (SSSR count). The predicted octanol–water partition coefficient (Wildman–Crippen LogP) is 6.50. The quantitative estimate of drug-likeness (QED) is 0.218. The molecule has 2 fully saturated rings. The maximum atomic E-state index is 12.5. The van der Waals surface area contributed by atoms with Crippen molar-refractivity contribution in [1.29, 1.82) is 0 Å². The normalized spacial score (nSPS) is 18.4. The molecule has 0 aliphatic carbocycles. The van der Waals surface area contributed by atoms with Gasteiger partial charge in [-0.15, -0.1) is 0 Å². The number of ether oxygens (including phenoxy) is 4. The monoisotopic (exact) mass is 552 g/mol. The molecule has 8 nitrogen and oxygen atoms in total. The molecule has 2 aromatic carbocycles. The third kappa shape index (κ3) is 10.5. The summed E-state index contributed by atoms with van der Waals surface area (Å²) in [5, 5.41) is 5.98. The largest absolute Gasteiger partial charge is 0.489 e. The molecular weight excluding hydrogens is 508 g/mol. The fourth-order valence-electron chi connectivity index (χ4n) is 5.01. The summed E-state index contributed by atoms with van der Waals surface area (Å²) in [5.41, 5.74) is 1.42. The van der Waals surface area contributed by atoms with Crippen molar-refractivity contribution in [3.8, 4) is 11.5 Å². The zero-order chi connectivity index (χ0) is 27.8. The number of benzene rings is 2. The summed E-state index contributed by atoms with van der Waals surface area (Å²) >= 11 is 0. The van der Waals surface area contributed by atoms with Crippen LogP contribution in [0.15, 0.2) is 48.5 Å². The first-order valence-electron chi connectivity index (χ1n) is 14.9. The molecule has 218 valence electrons. The summed E-state index contributed by atoms with van der Waals surface area (Å²) < 4.78 is 23.1. The fourth-order valence-corrected chi connectivity index (χ4v) is 5.01. The number of para-hydroxylation sites is 4. The molecule has 2 N–H and O–H groups in total. The lowest BCUT2D eigenvalue weighted by Gasteiger charge is -2.15. The molecule has 2 aromatic rings. The lowest BCUT2D eigenvalue weighted by molar-refractivity contribution is -0.117. The molecule has 0 bridgehead atoms. The molecule has 2 aliphatic heterocycles. The average Bonchev–Trinajstić information content (AvgIpc) is 3.68. The molecule has 2 amide bonds. The molecule has 8 heteroatoms. The molecule has 2 aliphatic rings. The van der Waals surface area contributed by atoms with Gasteiger partial charge < -0.3 is 29.6 Å². The van der Waals surface area contributed by atoms with Gasteiger partial charge in [0.25, 0.3) is 0 Å². The van der Waals surface area contributed by atoms with E-state index in [2.05, 4.69) is 10.6 Å². The Hall–Kier alpha value is -3.10. The first kappa shape index (κ1) is 29.9. The zero-order valence-corrected chi connectivity index (χ0v) is 23.5. The molecule has 0 aromatic heterocycles. The van der Waals surface area contributed by atoms with Crippen LogP contribution in [0.1, 0.15) is 77.0 Å². The number of rotatable bonds is 17. The SMILES string of the molecule is O=C(CCCCCCCCC(=O)Nc1ccccc1OCC1CCCO1)Nc1ccccc1OCC1CCCO1. The number of amides is 2. The van der Waals surface area contributed by atoms with E-state index in [0.717, 1.165) is 77.4 Å². The van der Waals surface area contributed by atoms with Crippen molar-refractivity contribution in [3.63, 3.8) is 0 Å². The highest BCUT2D eigenvalue weighted by Gasteiger charge is 2.18. The Morgan fingerprint density at radius 2 is 1.07 bits per heavy atom. The van der Waals surface area contributed by atoms with Crippen molar-refractivity contribution in [1.82, 2.24) is 0 Å². The van der Waals surface area contributed by atoms with Crippen molar-refractivity contribution >= 4 is 23.2 Å². The van der Waals surface area contributed by atoms with Gasteiger partial charge in [0, 0.05) is 26.1 Å². The van der Waals surface area contributed by atoms with Crippen LogP contribution in [0.4, 0.5) is 11.4 Å². The van der Waals surface area contributed by atoms with E-state index in [1.807, 2.05) is 48.5 Å². The van der Waals surface area contributed by atoms with Gasteiger partial charge in [-0.2, -0.15) is 0 Å². The van der Waals surface area contributed by atoms with Gasteiger partial charge in [0.05, 0.1) is 23.6 Å². The number of hydrogen-bond acceptors (Lipinski definition) is 6. The van der Waals surface area contributed by atoms with Crippen molar-refractivity contribution in [2.24, 2.45) is 0 Å². The van der Waals surface area contributed by atoms with E-state index in [1.54, 1.807) is 0 Å². The highest BCUT2D eigenvalue weighted by molar-refractivity contribution is 5.92. The second-order valence-electron chi connectivity index (χ2n) is 10.6. The molecule has 2 atom stereocenters. The van der Waals surface area contributed by atoms with E-state index in [0.29, 0.717) is 48.9 Å². The third-order valence-electron chi connectivity index (χ3n) is 7.28. The average molecular weight is 553 g/mol. The van der Waals surface area contributed by atoms with Gasteiger partial charge in [-0.05, 0) is 62.8 Å². The summed E-state index contributed by atoms with van der Waals surface area (Å²) in [6.07, 6.45) is 11.2. The summed E-state index contributed by atoms with van der Waals surface area (Å²) in [4.78, 5) is 24.9. The van der Waals surface area contributed by atoms with Gasteiger partial charge in [-0.3, -0.25) is 9.59 Å². The Morgan fingerprint density at radius 3 is 1.50 bits per heavy atom. The van der Waals surface area contributed by atoms with Crippen molar-refractivity contribution < 1.29 is 28.5 Å². The minimum absolute atomic E-state index is 0.00451. The Morgan fingerprint density at radius 1 is 0.650 bits per heavy atom. The van der Waals surface area contributed by atoms with E-state index in [4.69, 9.17) is 18.9 Å². The maximum absolute atomic E-state index is 12.5. The van der Waals surface area contributed by atoms with E-state index in [1.165, 1.54) is 0 Å². The maximum Gasteiger partial charge on any atom is 0.224 e. The summed E-state index contributed by atoms with van der Waals surface area (Å²) in [6.45, 7) is 2.60. The lowest BCUT2D eigenvalue weighted by atomic mass is 10.1. The third-order valence-corrected chi connectivity index (χ3v) is 7.28. The van der Waals surface area contributed by atoms with Gasteiger partial charge in [0.1, 0.15) is 24.7 Å². The van der Waals surface area contributed by atoms with Gasteiger partial charge in [0.2, 0.25) is 11.8 Å². The van der Waals surface area contributed by atoms with Crippen LogP contribution in [-0.2, 0) is 19.1 Å². The molecule has 0 saturated carbocycles. The first-order chi connectivity index (χ1) is 19.7. The molecular formula is C32H44N2O6. The van der Waals surface area contributed by atoms with Crippen LogP contribution in [0.3, 0.4) is 0 Å². The molecule has 2 heterocycles. The van der Waals surface area contributed by atoms with Gasteiger partial charge in [-0.25, -0.2) is 0 Å². The molecule has 0 spiro atoms. The van der Waals surface area contributed by atoms with Gasteiger partial charge in [0.15, 0.2) is 0 Å². The highest BCUT2D eigenvalue weighted by atomic mass is 16.5. The number of carbonyl (C=O) groups excluding carboxylic acids is 2. The molecule has 40 heavy (non-hydrogen) atoms. The van der Waals surface area contributed by atoms with Crippen LogP contribution in [0.25, 0.3) is 0 Å². The summed E-state index contributed by atoms with van der Waals surface area (Å²) in [5.74, 6) is 1.38. The van der Waals surface area contributed by atoms with E-state index in [-0.39, 0.29) is 24.0 Å². The Balaban J connectivity index is 1.04. The van der Waals surface area contributed by atoms with Gasteiger partial charge in [-0.1, -0.05) is 49.9 Å². The number of unbranched alkanes of at least 4 members (excludes halogenated alkanes) is 5. The van der Waals surface area contributed by atoms with Crippen molar-refractivity contribution in [3.05, 3.63) is 48.5 Å². The van der Waals surface area contributed by atoms with Crippen LogP contribution < -0.4 is 20.1 Å². The number of carbonyl (C=O) groups is 2. The highest BCUT2D eigenvalue weighted by Crippen LogP contribution is 2.27. The number of anilines is 2. The number of nitrogens with one attached hydrogen (secondary N) is 2. The van der Waals surface area contributed by atoms with Gasteiger partial charge >= 0.3 is 0 Å². The smallest absolute Gasteiger partial charge is 0.224 e. The summed E-state index contributed by atoms with van der Waals surface area (Å²) in [7, 11) is 0. The number of hydrogen-bond donors (Lipinski definition) is 2. The van der Waals surface area contributed by atoms with Crippen LogP contribution in [0, 0.1) is 0 Å². The molecule has 2 unspecified atom stereocenters. The Kier molecular flexibility index (Phi) is 12.6. The Labute approximate surface area is 238 Å². The van der Waals surface area contributed by atoms with E-state index < -0.39 is 0 Å².